The topological polar surface area (TPSA) is 56.7 Å². The number of aromatic nitrogens is 3. The molecule has 5 heteroatoms. The van der Waals surface area contributed by atoms with Gasteiger partial charge in [0, 0.05) is 18.3 Å². The van der Waals surface area contributed by atoms with Gasteiger partial charge in [-0.15, -0.1) is 16.4 Å². The van der Waals surface area contributed by atoms with Gasteiger partial charge in [-0.25, -0.2) is 9.67 Å². The number of hydrogen-bond acceptors (Lipinski definition) is 4. The monoisotopic (exact) mass is 270 g/mol. The molecule has 1 aromatic carbocycles. The number of nitrogen functional groups attached to an aromatic ring is 1. The van der Waals surface area contributed by atoms with Gasteiger partial charge in [0.25, 0.3) is 0 Å². The van der Waals surface area contributed by atoms with E-state index in [0.717, 1.165) is 33.3 Å². The van der Waals surface area contributed by atoms with Crippen LogP contribution in [0.1, 0.15) is 5.56 Å². The number of rotatable bonds is 2. The fourth-order valence-corrected chi connectivity index (χ4v) is 2.76. The van der Waals surface area contributed by atoms with Crippen LogP contribution >= 0.6 is 11.3 Å². The van der Waals surface area contributed by atoms with Crippen molar-refractivity contribution < 1.29 is 0 Å². The minimum absolute atomic E-state index is 0.730. The molecule has 3 rings (SSSR count). The summed E-state index contributed by atoms with van der Waals surface area (Å²) in [7, 11) is 1.89. The van der Waals surface area contributed by atoms with Crippen molar-refractivity contribution in [2.45, 2.75) is 6.92 Å². The highest BCUT2D eigenvalue weighted by Gasteiger charge is 2.15. The van der Waals surface area contributed by atoms with Crippen molar-refractivity contribution in [1.82, 2.24) is 14.8 Å². The zero-order chi connectivity index (χ0) is 13.4. The molecule has 4 nitrogen and oxygen atoms in total. The first-order valence-corrected chi connectivity index (χ1v) is 6.85. The van der Waals surface area contributed by atoms with Crippen LogP contribution in [-0.2, 0) is 7.05 Å². The molecule has 19 heavy (non-hydrogen) atoms. The third-order valence-electron chi connectivity index (χ3n) is 3.03. The molecule has 2 N–H and O–H groups in total. The summed E-state index contributed by atoms with van der Waals surface area (Å²) in [5.41, 5.74) is 8.87. The zero-order valence-electron chi connectivity index (χ0n) is 10.8. The van der Waals surface area contributed by atoms with Crippen molar-refractivity contribution in [3.8, 4) is 22.1 Å². The fraction of sp³-hybridized carbons (Fsp3) is 0.143. The van der Waals surface area contributed by atoms with Gasteiger partial charge in [-0.3, -0.25) is 0 Å². The van der Waals surface area contributed by atoms with E-state index in [-0.39, 0.29) is 0 Å². The Bertz CT molecular complexity index is 693. The van der Waals surface area contributed by atoms with Gasteiger partial charge < -0.3 is 5.73 Å². The Morgan fingerprint density at radius 2 is 2.05 bits per heavy atom. The van der Waals surface area contributed by atoms with E-state index in [1.54, 1.807) is 16.0 Å². The minimum Gasteiger partial charge on any atom is -0.398 e. The summed E-state index contributed by atoms with van der Waals surface area (Å²) in [5, 5.41) is 6.49. The third-order valence-corrected chi connectivity index (χ3v) is 3.90. The molecule has 0 saturated carbocycles. The van der Waals surface area contributed by atoms with Gasteiger partial charge in [0.2, 0.25) is 0 Å². The number of anilines is 1. The molecule has 0 radical (unpaired) electrons. The van der Waals surface area contributed by atoms with Gasteiger partial charge >= 0.3 is 0 Å². The molecule has 0 fully saturated rings. The molecule has 0 amide bonds. The van der Waals surface area contributed by atoms with Crippen LogP contribution < -0.4 is 5.73 Å². The maximum absolute atomic E-state index is 6.07. The Kier molecular flexibility index (Phi) is 2.83. The Labute approximate surface area is 115 Å². The van der Waals surface area contributed by atoms with E-state index in [0.29, 0.717) is 0 Å². The standard InChI is InChI=1S/C14H14N4S/c1-9-5-3-6-10(15)12(9)14-16-13(17-18(14)2)11-7-4-8-19-11/h3-8H,15H2,1-2H3. The average molecular weight is 270 g/mol. The van der Waals surface area contributed by atoms with E-state index in [4.69, 9.17) is 5.73 Å². The summed E-state index contributed by atoms with van der Waals surface area (Å²) >= 11 is 1.63. The average Bonchev–Trinajstić information content (AvgIpc) is 2.99. The second kappa shape index (κ2) is 4.51. The molecule has 0 unspecified atom stereocenters. The number of aryl methyl sites for hydroxylation is 2. The number of hydrogen-bond donors (Lipinski definition) is 1. The number of thiophene rings is 1. The first-order valence-electron chi connectivity index (χ1n) is 5.97. The Morgan fingerprint density at radius 1 is 1.21 bits per heavy atom. The molecule has 0 atom stereocenters. The highest BCUT2D eigenvalue weighted by molar-refractivity contribution is 7.13. The van der Waals surface area contributed by atoms with Crippen molar-refractivity contribution in [3.05, 3.63) is 41.3 Å². The summed E-state index contributed by atoms with van der Waals surface area (Å²) in [6.45, 7) is 2.03. The smallest absolute Gasteiger partial charge is 0.191 e. The molecule has 0 bridgehead atoms. The molecule has 0 spiro atoms. The van der Waals surface area contributed by atoms with Crippen molar-refractivity contribution >= 4 is 17.0 Å². The molecular weight excluding hydrogens is 256 g/mol. The zero-order valence-corrected chi connectivity index (χ0v) is 11.6. The molecule has 3 aromatic rings. The van der Waals surface area contributed by atoms with Crippen molar-refractivity contribution in [1.29, 1.82) is 0 Å². The highest BCUT2D eigenvalue weighted by Crippen LogP contribution is 2.30. The van der Waals surface area contributed by atoms with Crippen LogP contribution in [0.3, 0.4) is 0 Å². The molecule has 96 valence electrons. The summed E-state index contributed by atoms with van der Waals surface area (Å²) in [4.78, 5) is 5.69. The minimum atomic E-state index is 0.730. The summed E-state index contributed by atoms with van der Waals surface area (Å²) in [5.74, 6) is 1.55. The lowest BCUT2D eigenvalue weighted by Gasteiger charge is -2.07. The fourth-order valence-electron chi connectivity index (χ4n) is 2.11. The van der Waals surface area contributed by atoms with Crippen molar-refractivity contribution in [3.63, 3.8) is 0 Å². The van der Waals surface area contributed by atoms with Gasteiger partial charge in [0.1, 0.15) is 0 Å². The van der Waals surface area contributed by atoms with Crippen molar-refractivity contribution in [2.24, 2.45) is 7.05 Å². The number of benzene rings is 1. The van der Waals surface area contributed by atoms with Crippen LogP contribution in [0.25, 0.3) is 22.1 Å². The Hall–Kier alpha value is -2.14. The Balaban J connectivity index is 2.17. The van der Waals surface area contributed by atoms with Crippen molar-refractivity contribution in [2.75, 3.05) is 5.73 Å². The molecule has 0 saturated heterocycles. The second-order valence-electron chi connectivity index (χ2n) is 4.40. The highest BCUT2D eigenvalue weighted by atomic mass is 32.1. The van der Waals surface area contributed by atoms with E-state index in [9.17, 15) is 0 Å². The number of nitrogens with zero attached hydrogens (tertiary/aromatic N) is 3. The molecule has 0 aliphatic heterocycles. The van der Waals surface area contributed by atoms with E-state index in [2.05, 4.69) is 10.1 Å². The normalized spacial score (nSPS) is 10.8. The van der Waals surface area contributed by atoms with Gasteiger partial charge in [0.15, 0.2) is 11.6 Å². The lowest BCUT2D eigenvalue weighted by Crippen LogP contribution is -1.99. The lowest BCUT2D eigenvalue weighted by atomic mass is 10.1. The van der Waals surface area contributed by atoms with Crippen LogP contribution in [-0.4, -0.2) is 14.8 Å². The summed E-state index contributed by atoms with van der Waals surface area (Å²) in [6.07, 6.45) is 0. The quantitative estimate of drug-likeness (QED) is 0.728. The van der Waals surface area contributed by atoms with Crippen LogP contribution in [0, 0.1) is 6.92 Å². The van der Waals surface area contributed by atoms with Crippen LogP contribution in [0.2, 0.25) is 0 Å². The maximum atomic E-state index is 6.07. The predicted molar refractivity (Wildman–Crippen MR) is 78.9 cm³/mol. The van der Waals surface area contributed by atoms with Gasteiger partial charge in [-0.05, 0) is 30.0 Å². The third kappa shape index (κ3) is 2.02. The molecule has 2 heterocycles. The van der Waals surface area contributed by atoms with Crippen LogP contribution in [0.15, 0.2) is 35.7 Å². The van der Waals surface area contributed by atoms with E-state index in [1.807, 2.05) is 49.7 Å². The van der Waals surface area contributed by atoms with E-state index < -0.39 is 0 Å². The lowest BCUT2D eigenvalue weighted by molar-refractivity contribution is 0.777. The molecule has 0 aliphatic rings. The maximum Gasteiger partial charge on any atom is 0.191 e. The SMILES string of the molecule is Cc1cccc(N)c1-c1nc(-c2cccs2)nn1C. The molecular formula is C14H14N4S. The van der Waals surface area contributed by atoms with Gasteiger partial charge in [-0.2, -0.15) is 0 Å². The van der Waals surface area contributed by atoms with E-state index in [1.165, 1.54) is 0 Å². The first-order chi connectivity index (χ1) is 9.16. The second-order valence-corrected chi connectivity index (χ2v) is 5.35. The number of nitrogens with two attached hydrogens (primary N) is 1. The molecule has 0 aliphatic carbocycles. The largest absolute Gasteiger partial charge is 0.398 e. The summed E-state index contributed by atoms with van der Waals surface area (Å²) in [6, 6.07) is 9.89. The van der Waals surface area contributed by atoms with Crippen LogP contribution in [0.4, 0.5) is 5.69 Å². The van der Waals surface area contributed by atoms with Gasteiger partial charge in [-0.1, -0.05) is 18.2 Å². The molecule has 2 aromatic heterocycles. The van der Waals surface area contributed by atoms with E-state index >= 15 is 0 Å². The first kappa shape index (κ1) is 11.9. The van der Waals surface area contributed by atoms with Crippen LogP contribution in [0.5, 0.6) is 0 Å². The predicted octanol–water partition coefficient (Wildman–Crippen LogP) is 3.10. The van der Waals surface area contributed by atoms with Gasteiger partial charge in [0.05, 0.1) is 4.88 Å². The Morgan fingerprint density at radius 3 is 2.74 bits per heavy atom. The summed E-state index contributed by atoms with van der Waals surface area (Å²) < 4.78 is 1.79.